The molecule has 0 bridgehead atoms. The van der Waals surface area contributed by atoms with Crippen molar-refractivity contribution >= 4 is 29.0 Å². The number of amides is 1. The molecule has 1 aromatic heterocycles. The van der Waals surface area contributed by atoms with Crippen molar-refractivity contribution in [3.63, 3.8) is 0 Å². The minimum Gasteiger partial charge on any atom is -0.383 e. The first-order valence-corrected chi connectivity index (χ1v) is 10.6. The van der Waals surface area contributed by atoms with E-state index >= 15 is 0 Å². The lowest BCUT2D eigenvalue weighted by Crippen LogP contribution is -2.44. The fourth-order valence-corrected chi connectivity index (χ4v) is 3.75. The summed E-state index contributed by atoms with van der Waals surface area (Å²) >= 11 is 6.03. The average Bonchev–Trinajstić information content (AvgIpc) is 2.74. The van der Waals surface area contributed by atoms with Crippen molar-refractivity contribution in [3.05, 3.63) is 91.6 Å². The second-order valence-corrected chi connectivity index (χ2v) is 7.94. The van der Waals surface area contributed by atoms with Crippen LogP contribution in [0.1, 0.15) is 18.1 Å². The molecule has 8 nitrogen and oxygen atoms in total. The van der Waals surface area contributed by atoms with Gasteiger partial charge in [-0.05, 0) is 37.2 Å². The Kier molecular flexibility index (Phi) is 7.50. The number of nitrogen functional groups attached to an aromatic ring is 1. The monoisotopic (exact) mass is 455 g/mol. The smallest absolute Gasteiger partial charge is 0.330 e. The highest BCUT2D eigenvalue weighted by Crippen LogP contribution is 2.18. The Morgan fingerprint density at radius 3 is 2.44 bits per heavy atom. The number of carbonyl (C=O) groups excluding carboxylic acids is 1. The highest BCUT2D eigenvalue weighted by atomic mass is 35.5. The normalized spacial score (nSPS) is 11.0. The molecule has 0 atom stereocenters. The number of nitrogens with zero attached hydrogens (tertiary/aromatic N) is 3. The zero-order valence-corrected chi connectivity index (χ0v) is 18.8. The number of halogens is 1. The summed E-state index contributed by atoms with van der Waals surface area (Å²) in [7, 11) is 1.80. The van der Waals surface area contributed by atoms with Crippen molar-refractivity contribution in [2.45, 2.75) is 20.0 Å². The second-order valence-electron chi connectivity index (χ2n) is 7.51. The fourth-order valence-electron chi connectivity index (χ4n) is 3.54. The number of H-pyrrole nitrogens is 1. The molecule has 168 valence electrons. The van der Waals surface area contributed by atoms with E-state index in [1.807, 2.05) is 53.4 Å². The van der Waals surface area contributed by atoms with Crippen molar-refractivity contribution in [2.75, 3.05) is 30.8 Å². The van der Waals surface area contributed by atoms with E-state index in [1.54, 1.807) is 20.0 Å². The molecule has 9 heteroatoms. The average molecular weight is 456 g/mol. The Morgan fingerprint density at radius 1 is 1.09 bits per heavy atom. The number of carbonyl (C=O) groups is 1. The molecule has 2 aromatic carbocycles. The molecule has 0 aliphatic carbocycles. The second kappa shape index (κ2) is 10.3. The van der Waals surface area contributed by atoms with E-state index in [4.69, 9.17) is 17.3 Å². The molecule has 0 aliphatic heterocycles. The van der Waals surface area contributed by atoms with Crippen LogP contribution in [0.4, 0.5) is 11.5 Å². The third kappa shape index (κ3) is 5.46. The Labute approximate surface area is 190 Å². The van der Waals surface area contributed by atoms with Crippen molar-refractivity contribution in [1.82, 2.24) is 14.5 Å². The predicted molar refractivity (Wildman–Crippen MR) is 127 cm³/mol. The van der Waals surface area contributed by atoms with Gasteiger partial charge in [0, 0.05) is 18.1 Å². The third-order valence-electron chi connectivity index (χ3n) is 5.03. The van der Waals surface area contributed by atoms with Gasteiger partial charge in [-0.25, -0.2) is 4.79 Å². The van der Waals surface area contributed by atoms with Crippen molar-refractivity contribution in [1.29, 1.82) is 0 Å². The first kappa shape index (κ1) is 23.3. The largest absolute Gasteiger partial charge is 0.383 e. The maximum Gasteiger partial charge on any atom is 0.330 e. The standard InChI is InChI=1S/C23H26ClN5O3/c1-3-28(19(30)15-27(2)13-17-10-7-11-18(24)12-17)20-21(25)29(23(32)26-22(20)31)14-16-8-5-4-6-9-16/h4-12H,3,13-15,25H2,1-2H3,(H,26,31,32). The van der Waals surface area contributed by atoms with Gasteiger partial charge in [0.1, 0.15) is 5.82 Å². The van der Waals surface area contributed by atoms with Gasteiger partial charge in [-0.15, -0.1) is 0 Å². The molecule has 0 fully saturated rings. The summed E-state index contributed by atoms with van der Waals surface area (Å²) in [5, 5.41) is 0.623. The molecule has 0 spiro atoms. The van der Waals surface area contributed by atoms with Crippen molar-refractivity contribution in [2.24, 2.45) is 0 Å². The lowest BCUT2D eigenvalue weighted by atomic mass is 10.2. The van der Waals surface area contributed by atoms with Gasteiger partial charge < -0.3 is 10.6 Å². The number of rotatable bonds is 8. The molecule has 1 amide bonds. The highest BCUT2D eigenvalue weighted by Gasteiger charge is 2.24. The van der Waals surface area contributed by atoms with Crippen LogP contribution >= 0.6 is 11.6 Å². The molecule has 0 saturated carbocycles. The van der Waals surface area contributed by atoms with Crippen LogP contribution in [0.2, 0.25) is 5.02 Å². The van der Waals surface area contributed by atoms with Crippen LogP contribution in [-0.4, -0.2) is 40.5 Å². The van der Waals surface area contributed by atoms with Gasteiger partial charge in [-0.1, -0.05) is 54.1 Å². The number of anilines is 2. The van der Waals surface area contributed by atoms with Gasteiger partial charge in [-0.3, -0.25) is 24.0 Å². The number of hydrogen-bond donors (Lipinski definition) is 2. The maximum atomic E-state index is 13.1. The van der Waals surface area contributed by atoms with Crippen LogP contribution in [0.25, 0.3) is 0 Å². The van der Waals surface area contributed by atoms with Gasteiger partial charge in [0.2, 0.25) is 5.91 Å². The summed E-state index contributed by atoms with van der Waals surface area (Å²) < 4.78 is 1.26. The number of nitrogens with one attached hydrogen (secondary N) is 1. The van der Waals surface area contributed by atoms with E-state index in [0.29, 0.717) is 11.6 Å². The molecule has 3 rings (SSSR count). The number of aromatic nitrogens is 2. The zero-order valence-electron chi connectivity index (χ0n) is 18.0. The molecule has 0 saturated heterocycles. The van der Waals surface area contributed by atoms with Crippen molar-refractivity contribution < 1.29 is 4.79 Å². The fraction of sp³-hybridized carbons (Fsp3) is 0.261. The maximum absolute atomic E-state index is 13.1. The molecule has 3 aromatic rings. The minimum atomic E-state index is -0.690. The van der Waals surface area contributed by atoms with E-state index in [9.17, 15) is 14.4 Å². The van der Waals surface area contributed by atoms with E-state index in [0.717, 1.165) is 11.1 Å². The molecule has 3 N–H and O–H groups in total. The Morgan fingerprint density at radius 2 is 1.78 bits per heavy atom. The van der Waals surface area contributed by atoms with Crippen LogP contribution in [0.3, 0.4) is 0 Å². The van der Waals surface area contributed by atoms with E-state index < -0.39 is 11.2 Å². The number of nitrogens with two attached hydrogens (primary N) is 1. The molecular weight excluding hydrogens is 430 g/mol. The van der Waals surface area contributed by atoms with Crippen LogP contribution in [-0.2, 0) is 17.9 Å². The van der Waals surface area contributed by atoms with Crippen LogP contribution < -0.4 is 21.9 Å². The van der Waals surface area contributed by atoms with E-state index in [1.165, 1.54) is 9.47 Å². The van der Waals surface area contributed by atoms with Gasteiger partial charge in [0.25, 0.3) is 5.56 Å². The van der Waals surface area contributed by atoms with Gasteiger partial charge in [0.15, 0.2) is 5.69 Å². The van der Waals surface area contributed by atoms with E-state index in [-0.39, 0.29) is 37.0 Å². The number of aromatic amines is 1. The minimum absolute atomic E-state index is 0.0239. The SMILES string of the molecule is CCN(C(=O)CN(C)Cc1cccc(Cl)c1)c1c(N)n(Cc2ccccc2)c(=O)[nH]c1=O. The molecule has 0 aliphatic rings. The van der Waals surface area contributed by atoms with Gasteiger partial charge in [0.05, 0.1) is 13.1 Å². The molecule has 32 heavy (non-hydrogen) atoms. The molecule has 1 heterocycles. The summed E-state index contributed by atoms with van der Waals surface area (Å²) in [5.41, 5.74) is 6.71. The summed E-state index contributed by atoms with van der Waals surface area (Å²) in [4.78, 5) is 43.5. The number of likely N-dealkylation sites (N-methyl/N-ethyl adjacent to an activating group) is 2. The first-order valence-electron chi connectivity index (χ1n) is 10.2. The summed E-state index contributed by atoms with van der Waals surface area (Å²) in [6.07, 6.45) is 0. The summed E-state index contributed by atoms with van der Waals surface area (Å²) in [6, 6.07) is 16.7. The molecule has 0 unspecified atom stereocenters. The third-order valence-corrected chi connectivity index (χ3v) is 5.27. The highest BCUT2D eigenvalue weighted by molar-refractivity contribution is 6.30. The molecular formula is C23H26ClN5O3. The molecule has 0 radical (unpaired) electrons. The summed E-state index contributed by atoms with van der Waals surface area (Å²) in [5.74, 6) is -0.352. The number of hydrogen-bond acceptors (Lipinski definition) is 5. The first-order chi connectivity index (χ1) is 15.3. The topological polar surface area (TPSA) is 104 Å². The van der Waals surface area contributed by atoms with Crippen LogP contribution in [0, 0.1) is 0 Å². The van der Waals surface area contributed by atoms with Crippen LogP contribution in [0.5, 0.6) is 0 Å². The summed E-state index contributed by atoms with van der Waals surface area (Å²) in [6.45, 7) is 2.71. The lowest BCUT2D eigenvalue weighted by molar-refractivity contribution is -0.119. The Balaban J connectivity index is 1.85. The quantitative estimate of drug-likeness (QED) is 0.542. The van der Waals surface area contributed by atoms with Gasteiger partial charge >= 0.3 is 5.69 Å². The zero-order chi connectivity index (χ0) is 23.3. The van der Waals surface area contributed by atoms with Gasteiger partial charge in [-0.2, -0.15) is 0 Å². The lowest BCUT2D eigenvalue weighted by Gasteiger charge is -2.25. The Hall–Kier alpha value is -3.36. The van der Waals surface area contributed by atoms with Crippen LogP contribution in [0.15, 0.2) is 64.2 Å². The van der Waals surface area contributed by atoms with Crippen molar-refractivity contribution in [3.8, 4) is 0 Å². The predicted octanol–water partition coefficient (Wildman–Crippen LogP) is 2.31. The number of benzene rings is 2. The Bertz CT molecular complexity index is 1210. The van der Waals surface area contributed by atoms with E-state index in [2.05, 4.69) is 4.98 Å².